The number of esters is 1. The maximum Gasteiger partial charge on any atom is 0.326 e. The molecule has 0 aromatic rings. The molecule has 0 N–H and O–H groups in total. The number of nitrogens with zero attached hydrogens (tertiary/aromatic N) is 1. The van der Waals surface area contributed by atoms with Gasteiger partial charge in [0.25, 0.3) is 0 Å². The quantitative estimate of drug-likeness (QED) is 0.476. The van der Waals surface area contributed by atoms with E-state index in [0.29, 0.717) is 18.6 Å². The van der Waals surface area contributed by atoms with Crippen molar-refractivity contribution >= 4 is 5.97 Å². The van der Waals surface area contributed by atoms with Crippen molar-refractivity contribution < 1.29 is 14.4 Å². The molecule has 0 spiro atoms. The van der Waals surface area contributed by atoms with Gasteiger partial charge in [-0.1, -0.05) is 6.92 Å². The molecule has 4 atom stereocenters. The molecule has 0 aliphatic carbocycles. The van der Waals surface area contributed by atoms with Crippen molar-refractivity contribution in [1.82, 2.24) is 5.06 Å². The molecule has 0 unspecified atom stereocenters. The Hall–Kier alpha value is -0.610. The van der Waals surface area contributed by atoms with E-state index in [-0.39, 0.29) is 18.1 Å². The summed E-state index contributed by atoms with van der Waals surface area (Å²) in [5.74, 6) is 0.190. The fourth-order valence-corrected chi connectivity index (χ4v) is 2.42. The third-order valence-electron chi connectivity index (χ3n) is 3.14. The van der Waals surface area contributed by atoms with E-state index in [0.717, 1.165) is 6.42 Å². The Morgan fingerprint density at radius 3 is 3.08 bits per heavy atom. The van der Waals surface area contributed by atoms with Crippen molar-refractivity contribution in [2.75, 3.05) is 6.61 Å². The molecule has 3 aliphatic rings. The maximum absolute atomic E-state index is 11.3. The van der Waals surface area contributed by atoms with Crippen molar-refractivity contribution in [3.63, 3.8) is 0 Å². The number of morpholine rings is 1. The molecule has 0 aromatic carbocycles. The first-order chi connectivity index (χ1) is 5.77. The predicted molar refractivity (Wildman–Crippen MR) is 39.0 cm³/mol. The van der Waals surface area contributed by atoms with Crippen LogP contribution in [0.2, 0.25) is 0 Å². The fourth-order valence-electron chi connectivity index (χ4n) is 2.42. The van der Waals surface area contributed by atoms with Crippen LogP contribution >= 0.6 is 0 Å². The third kappa shape index (κ3) is 0.630. The minimum absolute atomic E-state index is 0.110. The van der Waals surface area contributed by atoms with E-state index in [4.69, 9.17) is 9.57 Å². The fraction of sp³-hybridized carbons (Fsp3) is 0.875. The Balaban J connectivity index is 1.98. The minimum Gasteiger partial charge on any atom is -0.463 e. The highest BCUT2D eigenvalue weighted by Gasteiger charge is 2.57. The summed E-state index contributed by atoms with van der Waals surface area (Å²) in [5.41, 5.74) is 0. The largest absolute Gasteiger partial charge is 0.463 e. The van der Waals surface area contributed by atoms with E-state index >= 15 is 0 Å². The van der Waals surface area contributed by atoms with Crippen molar-refractivity contribution in [3.05, 3.63) is 0 Å². The van der Waals surface area contributed by atoms with Gasteiger partial charge in [-0.25, -0.2) is 0 Å². The van der Waals surface area contributed by atoms with E-state index in [9.17, 15) is 4.79 Å². The van der Waals surface area contributed by atoms with Gasteiger partial charge in [0.1, 0.15) is 12.6 Å². The third-order valence-corrected chi connectivity index (χ3v) is 3.14. The smallest absolute Gasteiger partial charge is 0.326 e. The van der Waals surface area contributed by atoms with Crippen LogP contribution in [0.1, 0.15) is 13.3 Å². The zero-order valence-electron chi connectivity index (χ0n) is 6.90. The molecule has 3 saturated heterocycles. The van der Waals surface area contributed by atoms with Crippen LogP contribution in [0.25, 0.3) is 0 Å². The van der Waals surface area contributed by atoms with Gasteiger partial charge in [0.2, 0.25) is 0 Å². The van der Waals surface area contributed by atoms with Crippen LogP contribution in [0.15, 0.2) is 0 Å². The maximum atomic E-state index is 11.3. The number of hydroxylamine groups is 2. The van der Waals surface area contributed by atoms with Crippen LogP contribution in [-0.2, 0) is 14.4 Å². The van der Waals surface area contributed by atoms with Gasteiger partial charge >= 0.3 is 5.97 Å². The van der Waals surface area contributed by atoms with Gasteiger partial charge in [-0.15, -0.1) is 0 Å². The molecular weight excluding hydrogens is 158 g/mol. The van der Waals surface area contributed by atoms with Crippen LogP contribution in [0, 0.1) is 5.92 Å². The lowest BCUT2D eigenvalue weighted by molar-refractivity contribution is -0.195. The summed E-state index contributed by atoms with van der Waals surface area (Å²) in [7, 11) is 0. The molecule has 2 bridgehead atoms. The highest BCUT2D eigenvalue weighted by Crippen LogP contribution is 2.42. The zero-order chi connectivity index (χ0) is 8.29. The van der Waals surface area contributed by atoms with E-state index in [1.807, 2.05) is 5.06 Å². The zero-order valence-corrected chi connectivity index (χ0v) is 6.90. The molecule has 4 nitrogen and oxygen atoms in total. The monoisotopic (exact) mass is 169 g/mol. The van der Waals surface area contributed by atoms with Gasteiger partial charge in [0, 0.05) is 5.92 Å². The summed E-state index contributed by atoms with van der Waals surface area (Å²) in [4.78, 5) is 16.9. The summed E-state index contributed by atoms with van der Waals surface area (Å²) in [6.07, 6.45) is 1.28. The Kier molecular flexibility index (Phi) is 1.14. The standard InChI is InChI=1S/C8H11NO3/c1-4-6-2-5-3-11-8(10)7(4)9(5)12-6/h4-7H,2-3H2,1H3/t4-,5-,6-,7+/m0/s1. The molecule has 0 amide bonds. The number of hydrogen-bond donors (Lipinski definition) is 0. The number of carbonyl (C=O) groups excluding carboxylic acids is 1. The topological polar surface area (TPSA) is 38.8 Å². The normalized spacial score (nSPS) is 51.2. The molecule has 0 saturated carbocycles. The van der Waals surface area contributed by atoms with E-state index < -0.39 is 0 Å². The lowest BCUT2D eigenvalue weighted by Gasteiger charge is -2.35. The van der Waals surface area contributed by atoms with Crippen molar-refractivity contribution in [2.24, 2.45) is 5.92 Å². The second-order valence-corrected chi connectivity index (χ2v) is 3.83. The first kappa shape index (κ1) is 6.86. The minimum atomic E-state index is -0.123. The molecule has 3 heterocycles. The van der Waals surface area contributed by atoms with Crippen LogP contribution < -0.4 is 0 Å². The summed E-state index contributed by atoms with van der Waals surface area (Å²) >= 11 is 0. The summed E-state index contributed by atoms with van der Waals surface area (Å²) < 4.78 is 5.05. The molecule has 4 heteroatoms. The Labute approximate surface area is 70.4 Å². The number of hydrogen-bond acceptors (Lipinski definition) is 4. The summed E-state index contributed by atoms with van der Waals surface area (Å²) in [5, 5.41) is 1.85. The lowest BCUT2D eigenvalue weighted by Crippen LogP contribution is -2.54. The number of rotatable bonds is 0. The lowest BCUT2D eigenvalue weighted by atomic mass is 9.87. The SMILES string of the molecule is C[C@H]1[C@@H]2C[C@H]3COC(=O)[C@@H]1N3O2. The van der Waals surface area contributed by atoms with Gasteiger partial charge < -0.3 is 4.74 Å². The Bertz CT molecular complexity index is 242. The van der Waals surface area contributed by atoms with E-state index in [2.05, 4.69) is 6.92 Å². The van der Waals surface area contributed by atoms with Crippen molar-refractivity contribution in [1.29, 1.82) is 0 Å². The summed E-state index contributed by atoms with van der Waals surface area (Å²) in [6.45, 7) is 2.57. The van der Waals surface area contributed by atoms with Gasteiger partial charge in [-0.05, 0) is 6.42 Å². The van der Waals surface area contributed by atoms with Gasteiger partial charge in [-0.2, -0.15) is 5.06 Å². The predicted octanol–water partition coefficient (Wildman–Crippen LogP) is -0.0640. The Morgan fingerprint density at radius 2 is 2.42 bits per heavy atom. The second kappa shape index (κ2) is 2.00. The number of piperidine rings is 1. The highest BCUT2D eigenvalue weighted by atomic mass is 16.7. The molecule has 3 aliphatic heterocycles. The van der Waals surface area contributed by atoms with Gasteiger partial charge in [0.05, 0.1) is 12.1 Å². The Morgan fingerprint density at radius 1 is 1.58 bits per heavy atom. The van der Waals surface area contributed by atoms with Crippen LogP contribution in [0.5, 0.6) is 0 Å². The van der Waals surface area contributed by atoms with Crippen LogP contribution in [-0.4, -0.2) is 35.8 Å². The number of ether oxygens (including phenoxy) is 1. The molecule has 0 radical (unpaired) electrons. The van der Waals surface area contributed by atoms with Gasteiger partial charge in [-0.3, -0.25) is 9.63 Å². The second-order valence-electron chi connectivity index (χ2n) is 3.83. The first-order valence-electron chi connectivity index (χ1n) is 4.39. The highest BCUT2D eigenvalue weighted by molar-refractivity contribution is 5.77. The van der Waals surface area contributed by atoms with E-state index in [1.54, 1.807) is 0 Å². The number of cyclic esters (lactones) is 1. The van der Waals surface area contributed by atoms with Crippen LogP contribution in [0.4, 0.5) is 0 Å². The van der Waals surface area contributed by atoms with Gasteiger partial charge in [0.15, 0.2) is 0 Å². The molecular formula is C8H11NO3. The van der Waals surface area contributed by atoms with Crippen molar-refractivity contribution in [3.8, 4) is 0 Å². The number of carbonyl (C=O) groups is 1. The molecule has 66 valence electrons. The summed E-state index contributed by atoms with van der Waals surface area (Å²) in [6, 6.07) is 0.205. The number of fused-ring (bicyclic) bond motifs is 1. The van der Waals surface area contributed by atoms with E-state index in [1.165, 1.54) is 0 Å². The molecule has 3 rings (SSSR count). The van der Waals surface area contributed by atoms with Crippen molar-refractivity contribution in [2.45, 2.75) is 31.5 Å². The average molecular weight is 169 g/mol. The first-order valence-corrected chi connectivity index (χ1v) is 4.39. The molecule has 12 heavy (non-hydrogen) atoms. The molecule has 3 fully saturated rings. The van der Waals surface area contributed by atoms with Crippen LogP contribution in [0.3, 0.4) is 0 Å². The molecule has 0 aromatic heterocycles. The average Bonchev–Trinajstić information content (AvgIpc) is 2.57.